The molecule has 0 aliphatic heterocycles. The maximum absolute atomic E-state index is 11.1. The number of nitrogens with one attached hydrogen (secondary N) is 1. The number of fused-ring (bicyclic) bond motifs is 1. The molecule has 1 heterocycles. The predicted molar refractivity (Wildman–Crippen MR) is 95.6 cm³/mol. The van der Waals surface area contributed by atoms with E-state index in [0.29, 0.717) is 16.9 Å². The van der Waals surface area contributed by atoms with Gasteiger partial charge in [0.05, 0.1) is 28.6 Å². The van der Waals surface area contributed by atoms with Crippen LogP contribution in [0, 0.1) is 28.4 Å². The number of hydrogen-bond acceptors (Lipinski definition) is 6. The molecule has 0 bridgehead atoms. The van der Waals surface area contributed by atoms with E-state index in [2.05, 4.69) is 9.97 Å². The monoisotopic (exact) mass is 350 g/mol. The van der Waals surface area contributed by atoms with E-state index in [9.17, 15) is 20.5 Å². The third-order valence-corrected chi connectivity index (χ3v) is 3.82. The van der Waals surface area contributed by atoms with Gasteiger partial charge >= 0.3 is 5.69 Å². The number of phenols is 1. The molecule has 0 saturated heterocycles. The first-order chi connectivity index (χ1) is 12.4. The predicted octanol–water partition coefficient (Wildman–Crippen LogP) is 3.56. The molecule has 0 saturated carbocycles. The van der Waals surface area contributed by atoms with Crippen molar-refractivity contribution in [2.24, 2.45) is 0 Å². The molecule has 0 fully saturated rings. The lowest BCUT2D eigenvalue weighted by atomic mass is 10.1. The van der Waals surface area contributed by atoms with E-state index in [-0.39, 0.29) is 11.3 Å². The molecule has 8 heteroatoms. The summed E-state index contributed by atoms with van der Waals surface area (Å²) in [7, 11) is 1.29. The Kier molecular flexibility index (Phi) is 4.29. The van der Waals surface area contributed by atoms with Crippen molar-refractivity contribution in [3.8, 4) is 17.6 Å². The lowest BCUT2D eigenvalue weighted by Crippen LogP contribution is -1.93. The number of allylic oxidation sites excluding steroid dienone is 1. The van der Waals surface area contributed by atoms with Gasteiger partial charge in [0, 0.05) is 6.07 Å². The number of phenolic OH excluding ortho intramolecular Hbond substituents is 1. The highest BCUT2D eigenvalue weighted by Gasteiger charge is 2.20. The molecule has 0 aliphatic rings. The minimum Gasteiger partial charge on any atom is -0.500 e. The molecular weight excluding hydrogens is 336 g/mol. The average Bonchev–Trinajstić information content (AvgIpc) is 3.03. The van der Waals surface area contributed by atoms with Gasteiger partial charge in [0.25, 0.3) is 0 Å². The van der Waals surface area contributed by atoms with E-state index in [1.165, 1.54) is 25.3 Å². The van der Waals surface area contributed by atoms with Crippen LogP contribution >= 0.6 is 0 Å². The Balaban J connectivity index is 2.12. The van der Waals surface area contributed by atoms with Crippen molar-refractivity contribution in [2.45, 2.75) is 6.92 Å². The number of aryl methyl sites for hydroxylation is 1. The molecule has 2 N–H and O–H groups in total. The van der Waals surface area contributed by atoms with Crippen molar-refractivity contribution in [1.82, 2.24) is 9.97 Å². The fourth-order valence-electron chi connectivity index (χ4n) is 2.56. The molecule has 0 aliphatic carbocycles. The number of nitriles is 1. The lowest BCUT2D eigenvalue weighted by molar-refractivity contribution is -0.386. The number of H-pyrrole nitrogens is 1. The van der Waals surface area contributed by atoms with Gasteiger partial charge in [0.15, 0.2) is 5.75 Å². The number of benzene rings is 2. The lowest BCUT2D eigenvalue weighted by Gasteiger charge is -2.05. The van der Waals surface area contributed by atoms with Crippen LogP contribution in [0.2, 0.25) is 0 Å². The fourth-order valence-corrected chi connectivity index (χ4v) is 2.56. The number of rotatable bonds is 4. The van der Waals surface area contributed by atoms with Crippen LogP contribution in [0.1, 0.15) is 17.0 Å². The number of aromatic amines is 1. The van der Waals surface area contributed by atoms with Gasteiger partial charge in [-0.2, -0.15) is 5.26 Å². The smallest absolute Gasteiger partial charge is 0.315 e. The molecule has 2 aromatic carbocycles. The second-order valence-corrected chi connectivity index (χ2v) is 5.62. The summed E-state index contributed by atoms with van der Waals surface area (Å²) in [6.45, 7) is 1.95. The van der Waals surface area contributed by atoms with Gasteiger partial charge < -0.3 is 14.8 Å². The van der Waals surface area contributed by atoms with Gasteiger partial charge in [-0.3, -0.25) is 10.1 Å². The van der Waals surface area contributed by atoms with Gasteiger partial charge in [-0.1, -0.05) is 6.07 Å². The molecule has 0 atom stereocenters. The number of nitro groups is 1. The molecule has 0 amide bonds. The Morgan fingerprint density at radius 1 is 1.42 bits per heavy atom. The molecule has 130 valence electrons. The number of imidazole rings is 1. The van der Waals surface area contributed by atoms with Crippen molar-refractivity contribution >= 4 is 28.4 Å². The molecule has 0 spiro atoms. The van der Waals surface area contributed by atoms with E-state index >= 15 is 0 Å². The first-order valence-corrected chi connectivity index (χ1v) is 7.57. The van der Waals surface area contributed by atoms with Gasteiger partial charge in [-0.25, -0.2) is 4.98 Å². The number of hydrogen-bond donors (Lipinski definition) is 2. The summed E-state index contributed by atoms with van der Waals surface area (Å²) in [5.74, 6) is -0.266. The number of aromatic hydroxyl groups is 1. The minimum atomic E-state index is -0.717. The summed E-state index contributed by atoms with van der Waals surface area (Å²) >= 11 is 0. The highest BCUT2D eigenvalue weighted by molar-refractivity contribution is 5.91. The van der Waals surface area contributed by atoms with Crippen molar-refractivity contribution in [3.05, 3.63) is 57.4 Å². The first-order valence-electron chi connectivity index (χ1n) is 7.57. The summed E-state index contributed by atoms with van der Waals surface area (Å²) in [5.41, 5.74) is 2.57. The normalized spacial score (nSPS) is 11.3. The molecular formula is C18H14N4O4. The zero-order valence-electron chi connectivity index (χ0n) is 14.0. The largest absolute Gasteiger partial charge is 0.500 e. The SMILES string of the molecule is COc1cc(/C=C(\C#N)c2nc3ccc(C)cc3[nH]2)cc([N+](=O)[O-])c1O. The quantitative estimate of drug-likeness (QED) is 0.421. The standard InChI is InChI=1S/C18H14N4O4/c1-10-3-4-13-14(5-10)21-18(20-13)12(9-19)6-11-7-15(22(24)25)17(23)16(8-11)26-2/h3-8,23H,1-2H3,(H,20,21)/b12-6+. The van der Waals surface area contributed by atoms with Gasteiger partial charge in [-0.05, 0) is 42.3 Å². The Morgan fingerprint density at radius 3 is 2.85 bits per heavy atom. The van der Waals surface area contributed by atoms with Crippen molar-refractivity contribution in [1.29, 1.82) is 5.26 Å². The van der Waals surface area contributed by atoms with Crippen molar-refractivity contribution in [3.63, 3.8) is 0 Å². The van der Waals surface area contributed by atoms with E-state index in [1.54, 1.807) is 0 Å². The Morgan fingerprint density at radius 2 is 2.19 bits per heavy atom. The summed E-state index contributed by atoms with van der Waals surface area (Å²) < 4.78 is 4.97. The summed E-state index contributed by atoms with van der Waals surface area (Å²) in [4.78, 5) is 17.8. The van der Waals surface area contributed by atoms with Gasteiger partial charge in [-0.15, -0.1) is 0 Å². The molecule has 8 nitrogen and oxygen atoms in total. The number of nitro benzene ring substituents is 1. The number of nitrogens with zero attached hydrogens (tertiary/aromatic N) is 3. The third kappa shape index (κ3) is 3.06. The topological polar surface area (TPSA) is 125 Å². The van der Waals surface area contributed by atoms with E-state index in [0.717, 1.165) is 11.1 Å². The number of aromatic nitrogens is 2. The molecule has 26 heavy (non-hydrogen) atoms. The van der Waals surface area contributed by atoms with Crippen molar-refractivity contribution in [2.75, 3.05) is 7.11 Å². The van der Waals surface area contributed by atoms with Crippen LogP contribution in [0.4, 0.5) is 5.69 Å². The highest BCUT2D eigenvalue weighted by atomic mass is 16.6. The van der Waals surface area contributed by atoms with Gasteiger partial charge in [0.1, 0.15) is 11.9 Å². The Hall–Kier alpha value is -3.86. The second kappa shape index (κ2) is 6.57. The van der Waals surface area contributed by atoms with E-state index in [1.807, 2.05) is 31.2 Å². The maximum Gasteiger partial charge on any atom is 0.315 e. The van der Waals surface area contributed by atoms with Crippen LogP contribution in [-0.2, 0) is 0 Å². The summed E-state index contributed by atoms with van der Waals surface area (Å²) in [6, 6.07) is 10.3. The molecule has 0 radical (unpaired) electrons. The van der Waals surface area contributed by atoms with Crippen LogP contribution in [0.5, 0.6) is 11.5 Å². The molecule has 1 aromatic heterocycles. The molecule has 3 aromatic rings. The third-order valence-electron chi connectivity index (χ3n) is 3.82. The summed E-state index contributed by atoms with van der Waals surface area (Å²) in [6.07, 6.45) is 1.44. The van der Waals surface area contributed by atoms with Crippen LogP contribution in [0.25, 0.3) is 22.7 Å². The van der Waals surface area contributed by atoms with Crippen LogP contribution in [0.15, 0.2) is 30.3 Å². The zero-order chi connectivity index (χ0) is 18.8. The van der Waals surface area contributed by atoms with Gasteiger partial charge in [0.2, 0.25) is 5.75 Å². The Labute approximate surface area is 148 Å². The van der Waals surface area contributed by atoms with Crippen LogP contribution < -0.4 is 4.74 Å². The Bertz CT molecular complexity index is 1090. The fraction of sp³-hybridized carbons (Fsp3) is 0.111. The number of methoxy groups -OCH3 is 1. The molecule has 0 unspecified atom stereocenters. The van der Waals surface area contributed by atoms with Crippen LogP contribution in [0.3, 0.4) is 0 Å². The average molecular weight is 350 g/mol. The van der Waals surface area contributed by atoms with E-state index < -0.39 is 16.4 Å². The highest BCUT2D eigenvalue weighted by Crippen LogP contribution is 2.37. The minimum absolute atomic E-state index is 0.0528. The zero-order valence-corrected chi connectivity index (χ0v) is 14.0. The molecule has 3 rings (SSSR count). The number of ether oxygens (including phenoxy) is 1. The second-order valence-electron chi connectivity index (χ2n) is 5.62. The van der Waals surface area contributed by atoms with Crippen molar-refractivity contribution < 1.29 is 14.8 Å². The van der Waals surface area contributed by atoms with Crippen LogP contribution in [-0.4, -0.2) is 27.1 Å². The first kappa shape index (κ1) is 17.0. The summed E-state index contributed by atoms with van der Waals surface area (Å²) in [5, 5.41) is 30.4. The van der Waals surface area contributed by atoms with E-state index in [4.69, 9.17) is 4.74 Å². The maximum atomic E-state index is 11.1.